The highest BCUT2D eigenvalue weighted by molar-refractivity contribution is 6.32. The molecule has 0 bridgehead atoms. The number of likely N-dealkylation sites (tertiary alicyclic amines) is 1. The van der Waals surface area contributed by atoms with Crippen LogP contribution in [0.5, 0.6) is 5.75 Å². The Morgan fingerprint density at radius 2 is 1.89 bits per heavy atom. The van der Waals surface area contributed by atoms with Crippen LogP contribution in [-0.4, -0.2) is 36.5 Å². The topological polar surface area (TPSA) is 55.6 Å². The lowest BCUT2D eigenvalue weighted by Gasteiger charge is -2.19. The van der Waals surface area contributed by atoms with Crippen LogP contribution in [0.4, 0.5) is 0 Å². The lowest BCUT2D eigenvalue weighted by Crippen LogP contribution is -2.36. The van der Waals surface area contributed by atoms with Crippen LogP contribution in [0.25, 0.3) is 11.1 Å². The molecule has 6 heteroatoms. The van der Waals surface area contributed by atoms with E-state index in [-0.39, 0.29) is 31.0 Å². The van der Waals surface area contributed by atoms with Crippen molar-refractivity contribution >= 4 is 29.9 Å². The van der Waals surface area contributed by atoms with Gasteiger partial charge in [-0.25, -0.2) is 0 Å². The van der Waals surface area contributed by atoms with E-state index in [1.54, 1.807) is 0 Å². The predicted molar refractivity (Wildman–Crippen MR) is 110 cm³/mol. The van der Waals surface area contributed by atoms with Gasteiger partial charge < -0.3 is 15.4 Å². The maximum atomic E-state index is 12.5. The number of rotatable bonds is 4. The van der Waals surface area contributed by atoms with Crippen LogP contribution in [0.1, 0.15) is 12.8 Å². The molecule has 1 saturated heterocycles. The first kappa shape index (κ1) is 20.0. The Bertz CT molecular complexity index is 800. The molecule has 1 aliphatic carbocycles. The molecule has 1 amide bonds. The van der Waals surface area contributed by atoms with Gasteiger partial charge in [-0.3, -0.25) is 4.79 Å². The molecular formula is C21H24Cl2N2O2. The van der Waals surface area contributed by atoms with E-state index in [1.165, 1.54) is 0 Å². The fourth-order valence-corrected chi connectivity index (χ4v) is 4.41. The van der Waals surface area contributed by atoms with Crippen molar-refractivity contribution in [1.29, 1.82) is 0 Å². The number of amides is 1. The first-order valence-electron chi connectivity index (χ1n) is 9.13. The van der Waals surface area contributed by atoms with E-state index in [0.29, 0.717) is 22.6 Å². The lowest BCUT2D eigenvalue weighted by atomic mass is 9.98. The summed E-state index contributed by atoms with van der Waals surface area (Å²) in [5, 5.41) is 0.513. The number of nitrogens with two attached hydrogens (primary N) is 1. The number of hydrogen-bond acceptors (Lipinski definition) is 3. The van der Waals surface area contributed by atoms with Crippen LogP contribution in [-0.2, 0) is 4.79 Å². The molecule has 0 radical (unpaired) electrons. The summed E-state index contributed by atoms with van der Waals surface area (Å²) in [6, 6.07) is 15.9. The number of ether oxygens (including phenoxy) is 1. The maximum absolute atomic E-state index is 12.5. The third-order valence-electron chi connectivity index (χ3n) is 5.66. The maximum Gasteiger partial charge on any atom is 0.260 e. The largest absolute Gasteiger partial charge is 0.482 e. The summed E-state index contributed by atoms with van der Waals surface area (Å²) in [7, 11) is 0. The molecule has 1 heterocycles. The van der Waals surface area contributed by atoms with Gasteiger partial charge in [0.25, 0.3) is 5.91 Å². The van der Waals surface area contributed by atoms with Crippen LogP contribution in [0.2, 0.25) is 5.02 Å². The highest BCUT2D eigenvalue weighted by Crippen LogP contribution is 2.37. The molecule has 0 spiro atoms. The minimum absolute atomic E-state index is 0. The molecule has 3 atom stereocenters. The Labute approximate surface area is 171 Å². The zero-order valence-corrected chi connectivity index (χ0v) is 16.6. The molecular weight excluding hydrogens is 383 g/mol. The molecule has 144 valence electrons. The van der Waals surface area contributed by atoms with Crippen molar-refractivity contribution < 1.29 is 9.53 Å². The van der Waals surface area contributed by atoms with Gasteiger partial charge in [0, 0.05) is 19.1 Å². The molecule has 2 fully saturated rings. The molecule has 2 N–H and O–H groups in total. The van der Waals surface area contributed by atoms with Gasteiger partial charge >= 0.3 is 0 Å². The summed E-state index contributed by atoms with van der Waals surface area (Å²) in [5.74, 6) is 1.56. The van der Waals surface area contributed by atoms with E-state index in [2.05, 4.69) is 0 Å². The van der Waals surface area contributed by atoms with E-state index >= 15 is 0 Å². The fraction of sp³-hybridized carbons (Fsp3) is 0.381. The summed E-state index contributed by atoms with van der Waals surface area (Å²) in [6.45, 7) is 1.58. The monoisotopic (exact) mass is 406 g/mol. The van der Waals surface area contributed by atoms with Crippen LogP contribution < -0.4 is 10.5 Å². The molecule has 1 saturated carbocycles. The predicted octanol–water partition coefficient (Wildman–Crippen LogP) is 4.00. The number of hydrogen-bond donors (Lipinski definition) is 1. The average molecular weight is 407 g/mol. The smallest absolute Gasteiger partial charge is 0.260 e. The Morgan fingerprint density at radius 1 is 1.11 bits per heavy atom. The number of halogens is 2. The van der Waals surface area contributed by atoms with Gasteiger partial charge in [0.2, 0.25) is 0 Å². The van der Waals surface area contributed by atoms with Gasteiger partial charge in [0.05, 0.1) is 5.02 Å². The van der Waals surface area contributed by atoms with Crippen molar-refractivity contribution in [3.8, 4) is 16.9 Å². The van der Waals surface area contributed by atoms with Gasteiger partial charge in [-0.1, -0.05) is 48.0 Å². The Balaban J connectivity index is 0.00000210. The van der Waals surface area contributed by atoms with E-state index < -0.39 is 0 Å². The zero-order chi connectivity index (χ0) is 18.1. The minimum atomic E-state index is 0. The molecule has 3 unspecified atom stereocenters. The number of carbonyl (C=O) groups excluding carboxylic acids is 1. The van der Waals surface area contributed by atoms with Crippen LogP contribution in [0.15, 0.2) is 48.5 Å². The Morgan fingerprint density at radius 3 is 2.59 bits per heavy atom. The van der Waals surface area contributed by atoms with E-state index in [0.717, 1.165) is 37.1 Å². The lowest BCUT2D eigenvalue weighted by molar-refractivity contribution is -0.132. The minimum Gasteiger partial charge on any atom is -0.482 e. The standard InChI is InChI=1S/C21H23ClN2O2.ClH/c22-18-10-15(14-4-2-1-3-5-14)7-9-20(18)26-13-21(25)24-11-16-6-8-19(23)17(16)12-24;/h1-5,7,9-10,16-17,19H,6,8,11-13,23H2;1H. The van der Waals surface area contributed by atoms with Crippen molar-refractivity contribution in [3.05, 3.63) is 53.6 Å². The third kappa shape index (κ3) is 4.23. The molecule has 4 rings (SSSR count). The van der Waals surface area contributed by atoms with E-state index in [4.69, 9.17) is 22.1 Å². The Hall–Kier alpha value is -1.75. The number of benzene rings is 2. The first-order valence-corrected chi connectivity index (χ1v) is 9.51. The number of fused-ring (bicyclic) bond motifs is 1. The summed E-state index contributed by atoms with van der Waals surface area (Å²) in [6.07, 6.45) is 2.21. The quantitative estimate of drug-likeness (QED) is 0.834. The van der Waals surface area contributed by atoms with Crippen molar-refractivity contribution in [2.75, 3.05) is 19.7 Å². The highest BCUT2D eigenvalue weighted by Gasteiger charge is 2.42. The molecule has 0 aromatic heterocycles. The van der Waals surface area contributed by atoms with Gasteiger partial charge in [0.1, 0.15) is 5.75 Å². The van der Waals surface area contributed by atoms with E-state index in [9.17, 15) is 4.79 Å². The Kier molecular flexibility index (Phi) is 6.30. The molecule has 1 aliphatic heterocycles. The average Bonchev–Trinajstić information content (AvgIpc) is 3.23. The van der Waals surface area contributed by atoms with E-state index in [1.807, 2.05) is 53.4 Å². The van der Waals surface area contributed by atoms with Crippen LogP contribution >= 0.6 is 24.0 Å². The second kappa shape index (κ2) is 8.51. The van der Waals surface area contributed by atoms with Crippen LogP contribution in [0, 0.1) is 11.8 Å². The van der Waals surface area contributed by atoms with Crippen molar-refractivity contribution in [2.24, 2.45) is 17.6 Å². The summed E-state index contributed by atoms with van der Waals surface area (Å²) >= 11 is 6.35. The molecule has 27 heavy (non-hydrogen) atoms. The number of carbonyl (C=O) groups is 1. The summed E-state index contributed by atoms with van der Waals surface area (Å²) in [4.78, 5) is 14.4. The fourth-order valence-electron chi connectivity index (χ4n) is 4.17. The summed E-state index contributed by atoms with van der Waals surface area (Å²) < 4.78 is 5.70. The van der Waals surface area contributed by atoms with Crippen molar-refractivity contribution in [3.63, 3.8) is 0 Å². The second-order valence-electron chi connectivity index (χ2n) is 7.26. The molecule has 2 aromatic rings. The molecule has 2 aliphatic rings. The molecule has 2 aromatic carbocycles. The normalized spacial score (nSPS) is 23.6. The SMILES string of the molecule is Cl.NC1CCC2CN(C(=O)COc3ccc(-c4ccccc4)cc3Cl)CC12. The molecule has 4 nitrogen and oxygen atoms in total. The van der Waals surface area contributed by atoms with Gasteiger partial charge in [0.15, 0.2) is 6.61 Å². The van der Waals surface area contributed by atoms with Crippen LogP contribution in [0.3, 0.4) is 0 Å². The summed E-state index contributed by atoms with van der Waals surface area (Å²) in [5.41, 5.74) is 8.26. The van der Waals surface area contributed by atoms with Gasteiger partial charge in [-0.2, -0.15) is 0 Å². The van der Waals surface area contributed by atoms with Gasteiger partial charge in [-0.05, 0) is 47.9 Å². The van der Waals surface area contributed by atoms with Crippen molar-refractivity contribution in [2.45, 2.75) is 18.9 Å². The zero-order valence-electron chi connectivity index (χ0n) is 15.0. The van der Waals surface area contributed by atoms with Gasteiger partial charge in [-0.15, -0.1) is 12.4 Å². The van der Waals surface area contributed by atoms with Crippen molar-refractivity contribution in [1.82, 2.24) is 4.90 Å². The number of nitrogens with zero attached hydrogens (tertiary/aromatic N) is 1. The second-order valence-corrected chi connectivity index (χ2v) is 7.67. The third-order valence-corrected chi connectivity index (χ3v) is 5.95. The highest BCUT2D eigenvalue weighted by atomic mass is 35.5. The first-order chi connectivity index (χ1) is 12.6.